The maximum Gasteiger partial charge on any atom is 0.270 e. The minimum Gasteiger partial charge on any atom is -0.290 e. The summed E-state index contributed by atoms with van der Waals surface area (Å²) >= 11 is 0. The Morgan fingerprint density at radius 1 is 0.920 bits per heavy atom. The molecule has 0 heterocycles. The summed E-state index contributed by atoms with van der Waals surface area (Å²) in [5, 5.41) is 21.5. The molecule has 0 spiro atoms. The molecule has 0 aromatic heterocycles. The number of nitrogens with zero attached hydrogens (tertiary/aromatic N) is 2. The van der Waals surface area contributed by atoms with E-state index in [9.17, 15) is 25.0 Å². The van der Waals surface area contributed by atoms with Crippen LogP contribution in [0.4, 0.5) is 11.4 Å². The third-order valence-corrected chi connectivity index (χ3v) is 3.36. The first-order valence-corrected chi connectivity index (χ1v) is 7.26. The molecule has 0 radical (unpaired) electrons. The second kappa shape index (κ2) is 7.78. The van der Waals surface area contributed by atoms with Gasteiger partial charge < -0.3 is 0 Å². The normalized spacial score (nSPS) is 11.5. The molecule has 0 aliphatic carbocycles. The Morgan fingerprint density at radius 3 is 2.00 bits per heavy atom. The van der Waals surface area contributed by atoms with Crippen LogP contribution in [0.1, 0.15) is 18.1 Å². The quantitative estimate of drug-likeness (QED) is 0.446. The van der Waals surface area contributed by atoms with Gasteiger partial charge >= 0.3 is 0 Å². The summed E-state index contributed by atoms with van der Waals surface area (Å²) in [5.74, 6) is -0.294. The zero-order chi connectivity index (χ0) is 18.4. The number of nitro groups is 2. The van der Waals surface area contributed by atoms with E-state index in [1.807, 2.05) is 0 Å². The van der Waals surface area contributed by atoms with Gasteiger partial charge in [-0.15, -0.1) is 0 Å². The molecule has 7 heteroatoms. The van der Waals surface area contributed by atoms with Crippen LogP contribution in [-0.4, -0.2) is 15.6 Å². The first kappa shape index (κ1) is 17.7. The first-order chi connectivity index (χ1) is 11.9. The van der Waals surface area contributed by atoms with Crippen molar-refractivity contribution in [2.45, 2.75) is 6.92 Å². The van der Waals surface area contributed by atoms with Crippen molar-refractivity contribution in [1.82, 2.24) is 0 Å². The summed E-state index contributed by atoms with van der Waals surface area (Å²) in [7, 11) is 0. The van der Waals surface area contributed by atoms with Crippen molar-refractivity contribution in [2.75, 3.05) is 0 Å². The molecule has 0 atom stereocenters. The maximum atomic E-state index is 12.1. The molecule has 0 unspecified atom stereocenters. The zero-order valence-corrected chi connectivity index (χ0v) is 13.3. The van der Waals surface area contributed by atoms with Crippen LogP contribution in [0, 0.1) is 20.2 Å². The van der Waals surface area contributed by atoms with E-state index >= 15 is 0 Å². The molecule has 0 saturated heterocycles. The predicted molar refractivity (Wildman–Crippen MR) is 93.9 cm³/mol. The number of carbonyl (C=O) groups excluding carboxylic acids is 1. The molecule has 2 aromatic rings. The Kier molecular flexibility index (Phi) is 5.52. The molecule has 0 aliphatic rings. The van der Waals surface area contributed by atoms with Crippen molar-refractivity contribution < 1.29 is 14.6 Å². The fourth-order valence-corrected chi connectivity index (χ4v) is 2.09. The topological polar surface area (TPSA) is 103 Å². The molecule has 2 aromatic carbocycles. The first-order valence-electron chi connectivity index (χ1n) is 7.26. The summed E-state index contributed by atoms with van der Waals surface area (Å²) in [4.78, 5) is 32.6. The number of non-ortho nitro benzene ring substituents is 2. The standard InChI is InChI=1S/C18H14N2O5/c1-13(10-15-5-3-7-17(12-15)20(24)25)18(21)9-8-14-4-2-6-16(11-14)19(22)23/h2-12H,1H3/b9-8-,13-10+. The number of allylic oxidation sites excluding steroid dienone is 2. The van der Waals surface area contributed by atoms with Crippen LogP contribution in [-0.2, 0) is 4.79 Å². The SMILES string of the molecule is C/C(=C\c1cccc([N+](=O)[O-])c1)C(=O)/C=C\c1cccc([N+](=O)[O-])c1. The molecule has 126 valence electrons. The van der Waals surface area contributed by atoms with E-state index in [2.05, 4.69) is 0 Å². The average molecular weight is 338 g/mol. The van der Waals surface area contributed by atoms with Gasteiger partial charge in [-0.25, -0.2) is 0 Å². The van der Waals surface area contributed by atoms with Gasteiger partial charge in [-0.1, -0.05) is 30.3 Å². The van der Waals surface area contributed by atoms with E-state index in [-0.39, 0.29) is 17.2 Å². The summed E-state index contributed by atoms with van der Waals surface area (Å²) < 4.78 is 0. The molecule has 0 amide bonds. The van der Waals surface area contributed by atoms with Gasteiger partial charge in [-0.3, -0.25) is 25.0 Å². The number of hydrogen-bond acceptors (Lipinski definition) is 5. The molecule has 2 rings (SSSR count). The lowest BCUT2D eigenvalue weighted by molar-refractivity contribution is -0.385. The fraction of sp³-hybridized carbons (Fsp3) is 0.0556. The predicted octanol–water partition coefficient (Wildman–Crippen LogP) is 4.19. The maximum absolute atomic E-state index is 12.1. The van der Waals surface area contributed by atoms with Crippen molar-refractivity contribution in [3.63, 3.8) is 0 Å². The molecule has 0 saturated carbocycles. The summed E-state index contributed by atoms with van der Waals surface area (Å²) in [6.07, 6.45) is 4.34. The molecule has 7 nitrogen and oxygen atoms in total. The smallest absolute Gasteiger partial charge is 0.270 e. The van der Waals surface area contributed by atoms with Crippen molar-refractivity contribution >= 4 is 29.3 Å². The van der Waals surface area contributed by atoms with Crippen molar-refractivity contribution in [3.05, 3.63) is 91.5 Å². The fourth-order valence-electron chi connectivity index (χ4n) is 2.09. The van der Waals surface area contributed by atoms with Crippen molar-refractivity contribution in [3.8, 4) is 0 Å². The van der Waals surface area contributed by atoms with Crippen LogP contribution in [0.3, 0.4) is 0 Å². The van der Waals surface area contributed by atoms with Crippen LogP contribution >= 0.6 is 0 Å². The highest BCUT2D eigenvalue weighted by atomic mass is 16.6. The van der Waals surface area contributed by atoms with E-state index in [4.69, 9.17) is 0 Å². The van der Waals surface area contributed by atoms with E-state index in [0.717, 1.165) is 0 Å². The van der Waals surface area contributed by atoms with Gasteiger partial charge in [0.15, 0.2) is 5.78 Å². The van der Waals surface area contributed by atoms with Crippen LogP contribution in [0.2, 0.25) is 0 Å². The minimum absolute atomic E-state index is 0.0545. The van der Waals surface area contributed by atoms with Crippen LogP contribution in [0.15, 0.2) is 60.2 Å². The van der Waals surface area contributed by atoms with Gasteiger partial charge in [-0.05, 0) is 35.8 Å². The molecule has 0 N–H and O–H groups in total. The Hall–Kier alpha value is -3.61. The Labute approximate surface area is 143 Å². The lowest BCUT2D eigenvalue weighted by Gasteiger charge is -1.98. The Morgan fingerprint density at radius 2 is 1.44 bits per heavy atom. The molecule has 0 fully saturated rings. The number of nitro benzene ring substituents is 2. The van der Waals surface area contributed by atoms with Gasteiger partial charge in [0.05, 0.1) is 9.85 Å². The third kappa shape index (κ3) is 4.93. The van der Waals surface area contributed by atoms with Crippen LogP contribution in [0.25, 0.3) is 12.2 Å². The molecular formula is C18H14N2O5. The second-order valence-electron chi connectivity index (χ2n) is 5.23. The second-order valence-corrected chi connectivity index (χ2v) is 5.23. The lowest BCUT2D eigenvalue weighted by Crippen LogP contribution is -1.95. The van der Waals surface area contributed by atoms with Gasteiger partial charge in [0, 0.05) is 24.3 Å². The average Bonchev–Trinajstić information content (AvgIpc) is 2.60. The number of ketones is 1. The van der Waals surface area contributed by atoms with Gasteiger partial charge in [0.25, 0.3) is 11.4 Å². The Bertz CT molecular complexity index is 900. The van der Waals surface area contributed by atoms with E-state index in [0.29, 0.717) is 16.7 Å². The van der Waals surface area contributed by atoms with E-state index in [1.165, 1.54) is 42.5 Å². The molecule has 0 bridgehead atoms. The molecular weight excluding hydrogens is 324 g/mol. The number of carbonyl (C=O) groups is 1. The highest BCUT2D eigenvalue weighted by Crippen LogP contribution is 2.17. The number of rotatable bonds is 6. The minimum atomic E-state index is -0.507. The summed E-state index contributed by atoms with van der Waals surface area (Å²) in [5.41, 5.74) is 1.36. The largest absolute Gasteiger partial charge is 0.290 e. The van der Waals surface area contributed by atoms with Crippen molar-refractivity contribution in [2.24, 2.45) is 0 Å². The summed E-state index contributed by atoms with van der Waals surface area (Å²) in [6.45, 7) is 1.60. The third-order valence-electron chi connectivity index (χ3n) is 3.36. The number of benzene rings is 2. The molecule has 25 heavy (non-hydrogen) atoms. The van der Waals surface area contributed by atoms with Gasteiger partial charge in [0.1, 0.15) is 0 Å². The summed E-state index contributed by atoms with van der Waals surface area (Å²) in [6, 6.07) is 11.9. The van der Waals surface area contributed by atoms with Crippen LogP contribution in [0.5, 0.6) is 0 Å². The van der Waals surface area contributed by atoms with Gasteiger partial charge in [0.2, 0.25) is 0 Å². The monoisotopic (exact) mass is 338 g/mol. The number of hydrogen-bond donors (Lipinski definition) is 0. The van der Waals surface area contributed by atoms with Gasteiger partial charge in [-0.2, -0.15) is 0 Å². The molecule has 0 aliphatic heterocycles. The lowest BCUT2D eigenvalue weighted by atomic mass is 10.1. The van der Waals surface area contributed by atoms with E-state index in [1.54, 1.807) is 31.2 Å². The van der Waals surface area contributed by atoms with E-state index < -0.39 is 9.85 Å². The highest BCUT2D eigenvalue weighted by molar-refractivity contribution is 6.08. The van der Waals surface area contributed by atoms with Crippen LogP contribution < -0.4 is 0 Å². The Balaban J connectivity index is 2.17. The highest BCUT2D eigenvalue weighted by Gasteiger charge is 2.07. The zero-order valence-electron chi connectivity index (χ0n) is 13.3. The van der Waals surface area contributed by atoms with Crippen molar-refractivity contribution in [1.29, 1.82) is 0 Å².